The average Bonchev–Trinajstić information content (AvgIpc) is 3.76. The summed E-state index contributed by atoms with van der Waals surface area (Å²) in [4.78, 5) is 22.8. The Morgan fingerprint density at radius 3 is 2.03 bits per heavy atom. The van der Waals surface area contributed by atoms with Gasteiger partial charge in [-0.2, -0.15) is 0 Å². The number of hydrogen-bond donors (Lipinski definition) is 0. The third kappa shape index (κ3) is 14.5. The highest BCUT2D eigenvalue weighted by molar-refractivity contribution is 5.91. The first-order valence-corrected chi connectivity index (χ1v) is 13.9. The molecule has 0 heterocycles. The Morgan fingerprint density at radius 1 is 0.886 bits per heavy atom. The van der Waals surface area contributed by atoms with E-state index in [-0.39, 0.29) is 7.21 Å². The fourth-order valence-corrected chi connectivity index (χ4v) is 3.54. The van der Waals surface area contributed by atoms with Crippen LogP contribution in [0.2, 0.25) is 0 Å². The number of hydrogen-bond acceptors (Lipinski definition) is 2. The van der Waals surface area contributed by atoms with E-state index in [1.54, 1.807) is 6.08 Å². The lowest BCUT2D eigenvalue weighted by Crippen LogP contribution is -2.00. The SMILES string of the molecule is CC.CC.CCC(=O)CCc1ccccc1C1CC1.CCC/C=C\C(=O)Cc1ccc(CC)cc1.[HH]. The first-order chi connectivity index (χ1) is 17.1. The molecule has 0 radical (unpaired) electrons. The van der Waals surface area contributed by atoms with Gasteiger partial charge >= 0.3 is 0 Å². The summed E-state index contributed by atoms with van der Waals surface area (Å²) in [5.74, 6) is 1.36. The highest BCUT2D eigenvalue weighted by Crippen LogP contribution is 2.41. The Morgan fingerprint density at radius 2 is 1.49 bits per heavy atom. The second-order valence-electron chi connectivity index (χ2n) is 8.37. The van der Waals surface area contributed by atoms with Gasteiger partial charge in [-0.25, -0.2) is 0 Å². The van der Waals surface area contributed by atoms with E-state index < -0.39 is 0 Å². The van der Waals surface area contributed by atoms with Crippen molar-refractivity contribution in [1.29, 1.82) is 0 Å². The minimum Gasteiger partial charge on any atom is -0.300 e. The van der Waals surface area contributed by atoms with Crippen LogP contribution in [0.5, 0.6) is 0 Å². The van der Waals surface area contributed by atoms with Crippen LogP contribution in [0.15, 0.2) is 60.7 Å². The fraction of sp³-hybridized carbons (Fsp3) is 0.515. The molecule has 0 unspecified atom stereocenters. The predicted octanol–water partition coefficient (Wildman–Crippen LogP) is 9.49. The minimum atomic E-state index is 0. The van der Waals surface area contributed by atoms with Crippen molar-refractivity contribution in [3.8, 4) is 0 Å². The highest BCUT2D eigenvalue weighted by Gasteiger charge is 2.25. The average molecular weight is 481 g/mol. The molecule has 35 heavy (non-hydrogen) atoms. The van der Waals surface area contributed by atoms with Crippen molar-refractivity contribution in [3.05, 3.63) is 82.9 Å². The van der Waals surface area contributed by atoms with Crippen molar-refractivity contribution in [1.82, 2.24) is 0 Å². The number of Topliss-reactive ketones (excluding diaryl/α,β-unsaturated/α-hetero) is 1. The van der Waals surface area contributed by atoms with Gasteiger partial charge in [0.25, 0.3) is 0 Å². The van der Waals surface area contributed by atoms with Crippen LogP contribution in [0, 0.1) is 0 Å². The van der Waals surface area contributed by atoms with Crippen molar-refractivity contribution in [2.45, 2.75) is 112 Å². The molecule has 0 amide bonds. The molecule has 1 aliphatic carbocycles. The number of rotatable bonds is 11. The van der Waals surface area contributed by atoms with Gasteiger partial charge in [0.1, 0.15) is 5.78 Å². The summed E-state index contributed by atoms with van der Waals surface area (Å²) in [6.07, 6.45) is 12.3. The minimum absolute atomic E-state index is 0. The van der Waals surface area contributed by atoms with E-state index in [1.807, 2.05) is 52.8 Å². The maximum absolute atomic E-state index is 11.6. The Bertz CT molecular complexity index is 848. The molecular weight excluding hydrogens is 428 g/mol. The summed E-state index contributed by atoms with van der Waals surface area (Å²) in [5, 5.41) is 0. The molecule has 1 fully saturated rings. The summed E-state index contributed by atoms with van der Waals surface area (Å²) in [5.41, 5.74) is 5.30. The monoisotopic (exact) mass is 480 g/mol. The van der Waals surface area contributed by atoms with Gasteiger partial charge in [0.2, 0.25) is 0 Å². The lowest BCUT2D eigenvalue weighted by Gasteiger charge is -2.07. The number of ketones is 2. The van der Waals surface area contributed by atoms with Crippen molar-refractivity contribution < 1.29 is 11.0 Å². The number of carbonyl (C=O) groups is 2. The third-order valence-corrected chi connectivity index (χ3v) is 5.71. The lowest BCUT2D eigenvalue weighted by atomic mass is 9.98. The van der Waals surface area contributed by atoms with Crippen molar-refractivity contribution in [2.24, 2.45) is 0 Å². The summed E-state index contributed by atoms with van der Waals surface area (Å²) >= 11 is 0. The zero-order valence-corrected chi connectivity index (χ0v) is 23.5. The molecule has 196 valence electrons. The Kier molecular flexibility index (Phi) is 19.4. The van der Waals surface area contributed by atoms with Gasteiger partial charge in [-0.1, -0.05) is 109 Å². The number of allylic oxidation sites excluding steroid dienone is 2. The van der Waals surface area contributed by atoms with E-state index >= 15 is 0 Å². The van der Waals surface area contributed by atoms with E-state index in [9.17, 15) is 9.59 Å². The molecule has 3 rings (SSSR count). The van der Waals surface area contributed by atoms with Crippen LogP contribution in [-0.4, -0.2) is 11.6 Å². The Balaban J connectivity index is 0. The molecule has 0 atom stereocenters. The van der Waals surface area contributed by atoms with E-state index in [1.165, 1.54) is 29.5 Å². The topological polar surface area (TPSA) is 34.1 Å². The molecule has 0 N–H and O–H groups in total. The van der Waals surface area contributed by atoms with Crippen molar-refractivity contribution in [2.75, 3.05) is 0 Å². The van der Waals surface area contributed by atoms with Gasteiger partial charge in [-0.05, 0) is 66.4 Å². The van der Waals surface area contributed by atoms with Gasteiger partial charge in [0.05, 0.1) is 0 Å². The molecule has 2 aromatic rings. The van der Waals surface area contributed by atoms with E-state index in [2.05, 4.69) is 50.2 Å². The van der Waals surface area contributed by atoms with Gasteiger partial charge < -0.3 is 0 Å². The molecule has 0 aliphatic heterocycles. The molecule has 1 saturated carbocycles. The number of benzene rings is 2. The van der Waals surface area contributed by atoms with Crippen LogP contribution in [0.1, 0.15) is 117 Å². The normalized spacial score (nSPS) is 11.9. The van der Waals surface area contributed by atoms with E-state index in [0.717, 1.165) is 37.2 Å². The molecule has 2 nitrogen and oxygen atoms in total. The van der Waals surface area contributed by atoms with Crippen LogP contribution in [0.25, 0.3) is 0 Å². The number of carbonyl (C=O) groups excluding carboxylic acids is 2. The molecule has 0 saturated heterocycles. The zero-order valence-electron chi connectivity index (χ0n) is 23.5. The standard InChI is InChI=1S/C15H20O.C14H18O.2C2H6.H2/c1-3-5-6-7-15(16)12-14-10-8-13(4-2)9-11-14;1-2-13(15)10-9-11-5-3-4-6-14(11)12-7-8-12;2*1-2;/h6-11H,3-5,12H2,1-2H3;3-6,12H,2,7-10H2,1H3;2*1-2H3;1H/b7-6-;;;;. The summed E-state index contributed by atoms with van der Waals surface area (Å²) in [7, 11) is 0. The summed E-state index contributed by atoms with van der Waals surface area (Å²) in [6, 6.07) is 16.9. The van der Waals surface area contributed by atoms with Crippen LogP contribution in [0.3, 0.4) is 0 Å². The molecule has 0 spiro atoms. The van der Waals surface area contributed by atoms with Crippen LogP contribution in [0.4, 0.5) is 0 Å². The van der Waals surface area contributed by atoms with Crippen molar-refractivity contribution in [3.63, 3.8) is 0 Å². The first kappa shape index (κ1) is 32.5. The molecule has 1 aliphatic rings. The smallest absolute Gasteiger partial charge is 0.159 e. The highest BCUT2D eigenvalue weighted by atomic mass is 16.1. The Labute approximate surface area is 217 Å². The van der Waals surface area contributed by atoms with Gasteiger partial charge in [-0.3, -0.25) is 9.59 Å². The predicted molar refractivity (Wildman–Crippen MR) is 155 cm³/mol. The van der Waals surface area contributed by atoms with Crippen molar-refractivity contribution >= 4 is 11.6 Å². The van der Waals surface area contributed by atoms with Gasteiger partial charge in [0.15, 0.2) is 5.78 Å². The zero-order chi connectivity index (χ0) is 26.5. The number of unbranched alkanes of at least 4 members (excludes halogenated alkanes) is 1. The summed E-state index contributed by atoms with van der Waals surface area (Å²) < 4.78 is 0. The molecular formula is C33H52O2. The fourth-order valence-electron chi connectivity index (χ4n) is 3.54. The van der Waals surface area contributed by atoms with Crippen LogP contribution < -0.4 is 0 Å². The lowest BCUT2D eigenvalue weighted by molar-refractivity contribution is -0.118. The molecule has 0 aromatic heterocycles. The number of aryl methyl sites for hydroxylation is 2. The molecule has 2 heteroatoms. The van der Waals surface area contributed by atoms with Crippen LogP contribution >= 0.6 is 0 Å². The first-order valence-electron chi connectivity index (χ1n) is 13.9. The van der Waals surface area contributed by atoms with Crippen LogP contribution in [-0.2, 0) is 28.9 Å². The van der Waals surface area contributed by atoms with E-state index in [4.69, 9.17) is 0 Å². The third-order valence-electron chi connectivity index (χ3n) is 5.71. The second kappa shape index (κ2) is 20.9. The maximum Gasteiger partial charge on any atom is 0.159 e. The molecule has 2 aromatic carbocycles. The quantitative estimate of drug-likeness (QED) is 0.300. The van der Waals surface area contributed by atoms with Gasteiger partial charge in [0, 0.05) is 20.7 Å². The largest absolute Gasteiger partial charge is 0.300 e. The van der Waals surface area contributed by atoms with E-state index in [0.29, 0.717) is 25.0 Å². The van der Waals surface area contributed by atoms with Gasteiger partial charge in [-0.15, -0.1) is 0 Å². The summed E-state index contributed by atoms with van der Waals surface area (Å²) in [6.45, 7) is 14.2. The maximum atomic E-state index is 11.6. The Hall–Kier alpha value is -2.48. The second-order valence-corrected chi connectivity index (χ2v) is 8.37. The molecule has 0 bridgehead atoms.